The maximum atomic E-state index is 13.1. The predicted octanol–water partition coefficient (Wildman–Crippen LogP) is 5.25. The van der Waals surface area contributed by atoms with E-state index < -0.39 is 0 Å². The summed E-state index contributed by atoms with van der Waals surface area (Å²) in [4.78, 5) is 32.1. The van der Waals surface area contributed by atoms with E-state index in [1.54, 1.807) is 7.11 Å². The second kappa shape index (κ2) is 11.5. The Bertz CT molecular complexity index is 1870. The van der Waals surface area contributed by atoms with Gasteiger partial charge in [-0.3, -0.25) is 9.69 Å². The highest BCUT2D eigenvalue weighted by Crippen LogP contribution is 2.48. The van der Waals surface area contributed by atoms with Gasteiger partial charge in [-0.1, -0.05) is 30.3 Å². The number of aromatic amines is 1. The summed E-state index contributed by atoms with van der Waals surface area (Å²) < 4.78 is 6.01. The van der Waals surface area contributed by atoms with Gasteiger partial charge in [-0.25, -0.2) is 4.99 Å². The second-order valence-corrected chi connectivity index (χ2v) is 12.3. The van der Waals surface area contributed by atoms with Gasteiger partial charge in [0.05, 0.1) is 25.7 Å². The van der Waals surface area contributed by atoms with E-state index in [4.69, 9.17) is 14.6 Å². The fourth-order valence-electron chi connectivity index (χ4n) is 7.12. The lowest BCUT2D eigenvalue weighted by molar-refractivity contribution is -0.117. The summed E-state index contributed by atoms with van der Waals surface area (Å²) in [5.41, 5.74) is 6.18. The minimum atomic E-state index is -0.113. The van der Waals surface area contributed by atoms with E-state index in [-0.39, 0.29) is 18.0 Å². The number of hydrogen-bond acceptors (Lipinski definition) is 8. The number of benzene rings is 3. The number of allylic oxidation sites excluding steroid dienone is 1. The van der Waals surface area contributed by atoms with Crippen molar-refractivity contribution < 1.29 is 14.4 Å². The minimum Gasteiger partial charge on any atom is -0.496 e. The maximum absolute atomic E-state index is 13.1. The maximum Gasteiger partial charge on any atom is 0.238 e. The molecule has 2 unspecified atom stereocenters. The molecule has 4 heterocycles. The standard InChI is InChI=1S/C35H41N7O3/c1-20-32(21(2)45-41(20)5)27-17-29-26(18-30(27)44-6)33-34(40(4)22(3)37-35(33)39-29)25-11-12-28(24-10-8-7-9-23(24)25)38-31(43)19-42-15-13-36-14-16-42/h7-12,17-18,20,34,36,39H,13-16,19H2,1-6H3,(H,38,43). The molecule has 2 atom stereocenters. The first kappa shape index (κ1) is 29.3. The van der Waals surface area contributed by atoms with Crippen LogP contribution >= 0.6 is 0 Å². The number of rotatable bonds is 6. The van der Waals surface area contributed by atoms with Crippen molar-refractivity contribution in [2.45, 2.75) is 32.9 Å². The molecular formula is C35H41N7O3. The van der Waals surface area contributed by atoms with Crippen LogP contribution in [0.25, 0.3) is 27.2 Å². The van der Waals surface area contributed by atoms with Crippen molar-refractivity contribution in [2.75, 3.05) is 59.2 Å². The van der Waals surface area contributed by atoms with Crippen LogP contribution in [0, 0.1) is 0 Å². The lowest BCUT2D eigenvalue weighted by Gasteiger charge is -2.34. The molecular weight excluding hydrogens is 566 g/mol. The summed E-state index contributed by atoms with van der Waals surface area (Å²) in [5.74, 6) is 3.44. The fourth-order valence-corrected chi connectivity index (χ4v) is 7.12. The van der Waals surface area contributed by atoms with E-state index >= 15 is 0 Å². The SMILES string of the molecule is COc1cc2c3c([nH]c2cc1C1=C(C)ON(C)C1C)N=C(C)N(C)C3c1ccc(NC(=O)CN2CCNCC2)c2ccccc12. The molecule has 1 aromatic heterocycles. The molecule has 0 spiro atoms. The Kier molecular flexibility index (Phi) is 7.51. The summed E-state index contributed by atoms with van der Waals surface area (Å²) in [6, 6.07) is 16.8. The molecule has 1 amide bonds. The van der Waals surface area contributed by atoms with Gasteiger partial charge in [0.15, 0.2) is 0 Å². The summed E-state index contributed by atoms with van der Waals surface area (Å²) in [6.45, 7) is 10.1. The van der Waals surface area contributed by atoms with Gasteiger partial charge in [-0.15, -0.1) is 5.06 Å². The van der Waals surface area contributed by atoms with Crippen molar-refractivity contribution in [3.05, 3.63) is 71.0 Å². The molecule has 0 bridgehead atoms. The van der Waals surface area contributed by atoms with Gasteiger partial charge in [0.1, 0.15) is 23.2 Å². The summed E-state index contributed by atoms with van der Waals surface area (Å²) in [6.07, 6.45) is 0. The Morgan fingerprint density at radius 3 is 2.53 bits per heavy atom. The Balaban J connectivity index is 1.32. The normalized spacial score (nSPS) is 20.8. The van der Waals surface area contributed by atoms with Crippen molar-refractivity contribution in [1.82, 2.24) is 25.2 Å². The van der Waals surface area contributed by atoms with Crippen LogP contribution in [0.1, 0.15) is 43.5 Å². The van der Waals surface area contributed by atoms with Crippen LogP contribution < -0.4 is 15.4 Å². The Labute approximate surface area is 263 Å². The molecule has 1 fully saturated rings. The zero-order valence-corrected chi connectivity index (χ0v) is 26.8. The van der Waals surface area contributed by atoms with Crippen LogP contribution in [-0.4, -0.2) is 91.6 Å². The van der Waals surface area contributed by atoms with Crippen LogP contribution in [0.3, 0.4) is 0 Å². The highest BCUT2D eigenvalue weighted by atomic mass is 16.7. The number of likely N-dealkylation sites (N-methyl/N-ethyl adjacent to an activating group) is 1. The molecule has 0 radical (unpaired) electrons. The Morgan fingerprint density at radius 2 is 1.82 bits per heavy atom. The number of methoxy groups -OCH3 is 1. The van der Waals surface area contributed by atoms with Gasteiger partial charge in [0.25, 0.3) is 0 Å². The number of amidine groups is 1. The van der Waals surface area contributed by atoms with Crippen LogP contribution in [0.4, 0.5) is 11.5 Å². The molecule has 3 aliphatic heterocycles. The van der Waals surface area contributed by atoms with E-state index in [9.17, 15) is 4.79 Å². The third kappa shape index (κ3) is 5.03. The molecule has 234 valence electrons. The molecule has 3 aromatic carbocycles. The third-order valence-corrected chi connectivity index (χ3v) is 9.60. The van der Waals surface area contributed by atoms with Gasteiger partial charge in [0.2, 0.25) is 5.91 Å². The summed E-state index contributed by atoms with van der Waals surface area (Å²) in [5, 5.41) is 11.6. The molecule has 0 saturated carbocycles. The average Bonchev–Trinajstić information content (AvgIpc) is 3.51. The number of hydrogen-bond donors (Lipinski definition) is 3. The van der Waals surface area contributed by atoms with E-state index in [1.807, 2.05) is 38.1 Å². The second-order valence-electron chi connectivity index (χ2n) is 12.3. The van der Waals surface area contributed by atoms with E-state index in [1.165, 1.54) is 0 Å². The van der Waals surface area contributed by atoms with Crippen molar-refractivity contribution in [2.24, 2.45) is 4.99 Å². The molecule has 7 rings (SSSR count). The van der Waals surface area contributed by atoms with Crippen molar-refractivity contribution in [1.29, 1.82) is 0 Å². The smallest absolute Gasteiger partial charge is 0.238 e. The average molecular weight is 608 g/mol. The molecule has 0 aliphatic carbocycles. The number of fused-ring (bicyclic) bond motifs is 4. The first-order chi connectivity index (χ1) is 21.7. The van der Waals surface area contributed by atoms with Gasteiger partial charge in [-0.2, -0.15) is 0 Å². The van der Waals surface area contributed by atoms with Gasteiger partial charge in [0, 0.05) is 79.0 Å². The molecule has 1 saturated heterocycles. The zero-order valence-electron chi connectivity index (χ0n) is 26.8. The number of hydroxylamine groups is 2. The fraction of sp³-hybridized carbons (Fsp3) is 0.371. The molecule has 3 aliphatic rings. The number of carbonyl (C=O) groups is 1. The van der Waals surface area contributed by atoms with Gasteiger partial charge >= 0.3 is 0 Å². The van der Waals surface area contributed by atoms with E-state index in [0.717, 1.165) is 99.0 Å². The molecule has 10 heteroatoms. The first-order valence-electron chi connectivity index (χ1n) is 15.6. The number of ether oxygens (including phenoxy) is 1. The van der Waals surface area contributed by atoms with Crippen molar-refractivity contribution in [3.8, 4) is 5.75 Å². The number of H-pyrrole nitrogens is 1. The number of carbonyl (C=O) groups excluding carboxylic acids is 1. The van der Waals surface area contributed by atoms with E-state index in [2.05, 4.69) is 75.8 Å². The monoisotopic (exact) mass is 607 g/mol. The van der Waals surface area contributed by atoms with Crippen LogP contribution in [-0.2, 0) is 9.63 Å². The molecule has 3 N–H and O–H groups in total. The molecule has 10 nitrogen and oxygen atoms in total. The number of aromatic nitrogens is 1. The van der Waals surface area contributed by atoms with Crippen LogP contribution in [0.2, 0.25) is 0 Å². The number of nitrogens with zero attached hydrogens (tertiary/aromatic N) is 4. The lowest BCUT2D eigenvalue weighted by atomic mass is 9.89. The number of aliphatic imine (C=N–C) groups is 1. The highest BCUT2D eigenvalue weighted by molar-refractivity contribution is 6.05. The molecule has 45 heavy (non-hydrogen) atoms. The van der Waals surface area contributed by atoms with Gasteiger partial charge < -0.3 is 30.1 Å². The van der Waals surface area contributed by atoms with Crippen molar-refractivity contribution in [3.63, 3.8) is 0 Å². The van der Waals surface area contributed by atoms with Crippen molar-refractivity contribution >= 4 is 50.5 Å². The first-order valence-corrected chi connectivity index (χ1v) is 15.6. The topological polar surface area (TPSA) is 97.5 Å². The summed E-state index contributed by atoms with van der Waals surface area (Å²) >= 11 is 0. The third-order valence-electron chi connectivity index (χ3n) is 9.60. The number of anilines is 1. The number of piperazine rings is 1. The van der Waals surface area contributed by atoms with E-state index in [0.29, 0.717) is 6.54 Å². The molecule has 4 aromatic rings. The number of amides is 1. The quantitative estimate of drug-likeness (QED) is 0.275. The van der Waals surface area contributed by atoms with Crippen LogP contribution in [0.15, 0.2) is 59.3 Å². The van der Waals surface area contributed by atoms with Gasteiger partial charge in [-0.05, 0) is 49.9 Å². The lowest BCUT2D eigenvalue weighted by Crippen LogP contribution is -2.46. The van der Waals surface area contributed by atoms with Crippen LogP contribution in [0.5, 0.6) is 5.75 Å². The summed E-state index contributed by atoms with van der Waals surface area (Å²) in [7, 11) is 5.76. The number of nitrogens with one attached hydrogen (secondary N) is 3. The predicted molar refractivity (Wildman–Crippen MR) is 180 cm³/mol. The highest BCUT2D eigenvalue weighted by Gasteiger charge is 2.34. The Morgan fingerprint density at radius 1 is 1.07 bits per heavy atom. The minimum absolute atomic E-state index is 0.00732. The zero-order chi connectivity index (χ0) is 31.4. The largest absolute Gasteiger partial charge is 0.496 e. The Hall–Kier alpha value is -4.38.